The van der Waals surface area contributed by atoms with Crippen LogP contribution in [0.2, 0.25) is 0 Å². The molecule has 0 unspecified atom stereocenters. The van der Waals surface area contributed by atoms with Gasteiger partial charge in [-0.2, -0.15) is 0 Å². The number of hydrogen-bond acceptors (Lipinski definition) is 5. The van der Waals surface area contributed by atoms with Gasteiger partial charge in [-0.25, -0.2) is 0 Å². The Kier molecular flexibility index (Phi) is 5.41. The van der Waals surface area contributed by atoms with Crippen molar-refractivity contribution in [2.75, 3.05) is 6.54 Å². The van der Waals surface area contributed by atoms with Crippen LogP contribution in [-0.4, -0.2) is 17.0 Å². The fraction of sp³-hybridized carbons (Fsp3) is 0.417. The van der Waals surface area contributed by atoms with Gasteiger partial charge in [-0.05, 0) is 13.3 Å². The van der Waals surface area contributed by atoms with Gasteiger partial charge < -0.3 is 16.8 Å². The Morgan fingerprint density at radius 2 is 2.21 bits per heavy atom. The van der Waals surface area contributed by atoms with Crippen molar-refractivity contribution in [1.29, 1.82) is 0 Å². The normalized spacial score (nSPS) is 11.7. The molecule has 5 N–H and O–H groups in total. The number of nitrogens with one attached hydrogen (secondary N) is 1. The van der Waals surface area contributed by atoms with Crippen LogP contribution < -0.4 is 31.5 Å². The Labute approximate surface area is 114 Å². The van der Waals surface area contributed by atoms with E-state index in [1.54, 1.807) is 0 Å². The SMILES string of the molecule is CCCNC(=O)/C(N)=c1\sc(=C=CN)c(=O)n1CC. The van der Waals surface area contributed by atoms with Gasteiger partial charge in [0.2, 0.25) is 0 Å². The maximum absolute atomic E-state index is 12.0. The second-order valence-corrected chi connectivity index (χ2v) is 4.77. The zero-order chi connectivity index (χ0) is 14.4. The Balaban J connectivity index is 3.49. The van der Waals surface area contributed by atoms with E-state index < -0.39 is 0 Å². The van der Waals surface area contributed by atoms with Crippen LogP contribution in [0.5, 0.6) is 0 Å². The number of hydrogen-bond donors (Lipinski definition) is 3. The molecule has 0 radical (unpaired) electrons. The largest absolute Gasteiger partial charge is 0.398 e. The van der Waals surface area contributed by atoms with E-state index in [0.29, 0.717) is 22.3 Å². The quantitative estimate of drug-likeness (QED) is 0.617. The van der Waals surface area contributed by atoms with E-state index in [0.717, 1.165) is 17.8 Å². The molecule has 0 aliphatic heterocycles. The summed E-state index contributed by atoms with van der Waals surface area (Å²) < 4.78 is 2.22. The molecule has 0 aromatic carbocycles. The number of rotatable bonds is 4. The highest BCUT2D eigenvalue weighted by atomic mass is 32.1. The minimum atomic E-state index is -0.367. The molecule has 19 heavy (non-hydrogen) atoms. The van der Waals surface area contributed by atoms with Crippen LogP contribution >= 0.6 is 11.3 Å². The van der Waals surface area contributed by atoms with Crippen LogP contribution in [0.3, 0.4) is 0 Å². The topological polar surface area (TPSA) is 103 Å². The van der Waals surface area contributed by atoms with E-state index in [1.807, 2.05) is 13.8 Å². The van der Waals surface area contributed by atoms with Crippen molar-refractivity contribution in [2.45, 2.75) is 26.8 Å². The summed E-state index contributed by atoms with van der Waals surface area (Å²) in [6.07, 6.45) is 1.99. The van der Waals surface area contributed by atoms with Gasteiger partial charge in [0.1, 0.15) is 14.9 Å². The number of thiazole rings is 1. The second kappa shape index (κ2) is 6.82. The van der Waals surface area contributed by atoms with Gasteiger partial charge in [0, 0.05) is 19.3 Å². The lowest BCUT2D eigenvalue weighted by Gasteiger charge is -2.03. The average molecular weight is 282 g/mol. The molecule has 1 amide bonds. The maximum Gasteiger partial charge on any atom is 0.277 e. The summed E-state index contributed by atoms with van der Waals surface area (Å²) in [6.45, 7) is 4.73. The number of aromatic nitrogens is 1. The van der Waals surface area contributed by atoms with Gasteiger partial charge in [0.25, 0.3) is 11.5 Å². The van der Waals surface area contributed by atoms with E-state index in [2.05, 4.69) is 11.0 Å². The third-order valence-corrected chi connectivity index (χ3v) is 3.55. The number of nitrogens with zero attached hydrogens (tertiary/aromatic N) is 1. The molecule has 0 spiro atoms. The molecular weight excluding hydrogens is 264 g/mol. The first-order chi connectivity index (χ1) is 9.06. The van der Waals surface area contributed by atoms with Crippen LogP contribution in [0.25, 0.3) is 11.4 Å². The first-order valence-electron chi connectivity index (χ1n) is 6.01. The van der Waals surface area contributed by atoms with Crippen LogP contribution in [-0.2, 0) is 11.3 Å². The molecule has 0 saturated carbocycles. The highest BCUT2D eigenvalue weighted by molar-refractivity contribution is 7.07. The summed E-state index contributed by atoms with van der Waals surface area (Å²) in [5, 5.41) is 2.68. The Hall–Kier alpha value is -1.98. The van der Waals surface area contributed by atoms with E-state index >= 15 is 0 Å². The van der Waals surface area contributed by atoms with Crippen LogP contribution in [0.1, 0.15) is 20.3 Å². The molecular formula is C12H18N4O2S. The Morgan fingerprint density at radius 1 is 1.53 bits per heavy atom. The molecule has 6 nitrogen and oxygen atoms in total. The zero-order valence-corrected chi connectivity index (χ0v) is 11.8. The predicted molar refractivity (Wildman–Crippen MR) is 76.6 cm³/mol. The lowest BCUT2D eigenvalue weighted by molar-refractivity contribution is -0.115. The van der Waals surface area contributed by atoms with E-state index in [1.165, 1.54) is 10.8 Å². The first kappa shape index (κ1) is 15.1. The first-order valence-corrected chi connectivity index (χ1v) is 6.82. The molecule has 0 bridgehead atoms. The summed E-state index contributed by atoms with van der Waals surface area (Å²) in [6, 6.07) is 0. The second-order valence-electron chi connectivity index (χ2n) is 3.77. The minimum absolute atomic E-state index is 0.0440. The number of amides is 1. The highest BCUT2D eigenvalue weighted by Gasteiger charge is 2.11. The lowest BCUT2D eigenvalue weighted by atomic mass is 10.4. The van der Waals surface area contributed by atoms with Crippen LogP contribution in [0, 0.1) is 0 Å². The Morgan fingerprint density at radius 3 is 2.74 bits per heavy atom. The highest BCUT2D eigenvalue weighted by Crippen LogP contribution is 1.86. The third-order valence-electron chi connectivity index (χ3n) is 2.42. The van der Waals surface area contributed by atoms with Crippen molar-refractivity contribution < 1.29 is 4.79 Å². The smallest absolute Gasteiger partial charge is 0.277 e. The van der Waals surface area contributed by atoms with Gasteiger partial charge in [-0.1, -0.05) is 12.7 Å². The average Bonchev–Trinajstić information content (AvgIpc) is 2.72. The van der Waals surface area contributed by atoms with Crippen molar-refractivity contribution in [3.05, 3.63) is 25.7 Å². The summed E-state index contributed by atoms with van der Waals surface area (Å²) >= 11 is 1.11. The van der Waals surface area contributed by atoms with Gasteiger partial charge in [-0.15, -0.1) is 11.3 Å². The molecule has 0 saturated heterocycles. The van der Waals surface area contributed by atoms with Crippen LogP contribution in [0.4, 0.5) is 0 Å². The third kappa shape index (κ3) is 3.27. The predicted octanol–water partition coefficient (Wildman–Crippen LogP) is -1.63. The molecule has 0 fully saturated rings. The molecule has 0 aliphatic rings. The number of nitrogens with two attached hydrogens (primary N) is 2. The molecule has 1 heterocycles. The van der Waals surface area contributed by atoms with Crippen LogP contribution in [0.15, 0.2) is 11.0 Å². The molecule has 7 heteroatoms. The van der Waals surface area contributed by atoms with Crippen molar-refractivity contribution >= 4 is 28.7 Å². The van der Waals surface area contributed by atoms with Crippen molar-refractivity contribution in [3.8, 4) is 0 Å². The van der Waals surface area contributed by atoms with Gasteiger partial charge in [-0.3, -0.25) is 14.2 Å². The summed E-state index contributed by atoms with van der Waals surface area (Å²) in [5.41, 5.74) is 13.5. The standard InChI is InChI=1S/C12H18N4O2S/c1-3-7-15-10(17)9(14)12-16(4-2)11(18)8(19-12)5-6-13/h6H,3-4,7,13-14H2,1-2H3,(H,15,17)/b12-9+. The summed E-state index contributed by atoms with van der Waals surface area (Å²) in [7, 11) is 0. The number of carbonyl (C=O) groups excluding carboxylic acids is 1. The number of carbonyl (C=O) groups is 1. The maximum atomic E-state index is 12.0. The van der Waals surface area contributed by atoms with E-state index in [4.69, 9.17) is 11.5 Å². The minimum Gasteiger partial charge on any atom is -0.398 e. The van der Waals surface area contributed by atoms with E-state index in [-0.39, 0.29) is 17.2 Å². The van der Waals surface area contributed by atoms with Gasteiger partial charge in [0.05, 0.1) is 0 Å². The zero-order valence-electron chi connectivity index (χ0n) is 11.0. The summed E-state index contributed by atoms with van der Waals surface area (Å²) in [5.74, 6) is -0.367. The van der Waals surface area contributed by atoms with Gasteiger partial charge in [0.15, 0.2) is 0 Å². The van der Waals surface area contributed by atoms with Crippen molar-refractivity contribution in [2.24, 2.45) is 11.5 Å². The lowest BCUT2D eigenvalue weighted by Crippen LogP contribution is -2.37. The summed E-state index contributed by atoms with van der Waals surface area (Å²) in [4.78, 5) is 23.8. The molecule has 0 atom stereocenters. The van der Waals surface area contributed by atoms with Gasteiger partial charge >= 0.3 is 0 Å². The van der Waals surface area contributed by atoms with E-state index in [9.17, 15) is 9.59 Å². The molecule has 1 rings (SSSR count). The fourth-order valence-electron chi connectivity index (χ4n) is 1.50. The fourth-order valence-corrected chi connectivity index (χ4v) is 2.54. The monoisotopic (exact) mass is 282 g/mol. The van der Waals surface area contributed by atoms with Crippen molar-refractivity contribution in [3.63, 3.8) is 0 Å². The molecule has 104 valence electrons. The molecule has 0 aliphatic carbocycles. The molecule has 1 aromatic heterocycles. The molecule has 1 aromatic rings. The van der Waals surface area contributed by atoms with Crippen molar-refractivity contribution in [1.82, 2.24) is 9.88 Å². The Bertz CT molecular complexity index is 665.